The number of anilines is 1. The lowest BCUT2D eigenvalue weighted by Crippen LogP contribution is -2.30. The Morgan fingerprint density at radius 3 is 2.52 bits per heavy atom. The van der Waals surface area contributed by atoms with Crippen molar-refractivity contribution in [3.8, 4) is 5.75 Å². The highest BCUT2D eigenvalue weighted by Gasteiger charge is 2.16. The van der Waals surface area contributed by atoms with Gasteiger partial charge in [-0.2, -0.15) is 0 Å². The van der Waals surface area contributed by atoms with Crippen molar-refractivity contribution >= 4 is 34.2 Å². The SMILES string of the molecule is C[C@@H](Oc1ccc2c(c1)CCCC2)C(=O)Nc1ccc(I)cc1. The third-order valence-corrected chi connectivity index (χ3v) is 4.83. The molecule has 3 rings (SSSR count). The van der Waals surface area contributed by atoms with Crippen molar-refractivity contribution in [2.24, 2.45) is 0 Å². The van der Waals surface area contributed by atoms with Crippen molar-refractivity contribution in [2.45, 2.75) is 38.7 Å². The van der Waals surface area contributed by atoms with Gasteiger partial charge >= 0.3 is 0 Å². The molecule has 0 heterocycles. The van der Waals surface area contributed by atoms with Crippen molar-refractivity contribution in [1.82, 2.24) is 0 Å². The number of nitrogens with one attached hydrogen (secondary N) is 1. The first kappa shape index (κ1) is 16.3. The Balaban J connectivity index is 1.62. The summed E-state index contributed by atoms with van der Waals surface area (Å²) in [5.74, 6) is 0.639. The summed E-state index contributed by atoms with van der Waals surface area (Å²) in [6.45, 7) is 1.78. The average molecular weight is 421 g/mol. The van der Waals surface area contributed by atoms with Gasteiger partial charge in [0.25, 0.3) is 5.91 Å². The summed E-state index contributed by atoms with van der Waals surface area (Å²) in [5, 5.41) is 2.88. The van der Waals surface area contributed by atoms with E-state index in [1.54, 1.807) is 6.92 Å². The minimum absolute atomic E-state index is 0.135. The van der Waals surface area contributed by atoms with Crippen LogP contribution < -0.4 is 10.1 Å². The number of benzene rings is 2. The Bertz CT molecular complexity index is 697. The first-order valence-electron chi connectivity index (χ1n) is 7.97. The first-order chi connectivity index (χ1) is 11.1. The van der Waals surface area contributed by atoms with E-state index >= 15 is 0 Å². The number of halogens is 1. The van der Waals surface area contributed by atoms with Crippen molar-refractivity contribution < 1.29 is 9.53 Å². The number of fused-ring (bicyclic) bond motifs is 1. The molecule has 0 spiro atoms. The van der Waals surface area contributed by atoms with Crippen molar-refractivity contribution in [3.05, 3.63) is 57.2 Å². The predicted octanol–water partition coefficient (Wildman–Crippen LogP) is 4.58. The largest absolute Gasteiger partial charge is 0.481 e. The summed E-state index contributed by atoms with van der Waals surface area (Å²) in [4.78, 5) is 12.3. The molecule has 1 N–H and O–H groups in total. The number of ether oxygens (including phenoxy) is 1. The van der Waals surface area contributed by atoms with E-state index in [-0.39, 0.29) is 5.91 Å². The number of carbonyl (C=O) groups is 1. The van der Waals surface area contributed by atoms with Crippen molar-refractivity contribution in [3.63, 3.8) is 0 Å². The van der Waals surface area contributed by atoms with Gasteiger partial charge in [0, 0.05) is 9.26 Å². The molecule has 4 heteroatoms. The molecule has 1 atom stereocenters. The van der Waals surface area contributed by atoms with E-state index in [4.69, 9.17) is 4.74 Å². The van der Waals surface area contributed by atoms with Gasteiger partial charge in [-0.05, 0) is 103 Å². The molecule has 0 aliphatic heterocycles. The van der Waals surface area contributed by atoms with Crippen LogP contribution in [0.25, 0.3) is 0 Å². The fourth-order valence-electron chi connectivity index (χ4n) is 2.82. The smallest absolute Gasteiger partial charge is 0.265 e. The van der Waals surface area contributed by atoms with E-state index in [1.165, 1.54) is 24.0 Å². The van der Waals surface area contributed by atoms with Gasteiger partial charge in [-0.15, -0.1) is 0 Å². The second-order valence-corrected chi connectivity index (χ2v) is 7.14. The number of rotatable bonds is 4. The van der Waals surface area contributed by atoms with Crippen LogP contribution in [0.3, 0.4) is 0 Å². The summed E-state index contributed by atoms with van der Waals surface area (Å²) in [7, 11) is 0. The summed E-state index contributed by atoms with van der Waals surface area (Å²) in [6, 6.07) is 13.9. The van der Waals surface area contributed by atoms with Gasteiger partial charge in [0.15, 0.2) is 6.10 Å². The minimum Gasteiger partial charge on any atom is -0.481 e. The zero-order valence-corrected chi connectivity index (χ0v) is 15.3. The van der Waals surface area contributed by atoms with E-state index in [2.05, 4.69) is 40.0 Å². The molecule has 2 aromatic carbocycles. The van der Waals surface area contributed by atoms with Crippen LogP contribution in [0.15, 0.2) is 42.5 Å². The fourth-order valence-corrected chi connectivity index (χ4v) is 3.18. The highest BCUT2D eigenvalue weighted by molar-refractivity contribution is 14.1. The molecule has 0 saturated heterocycles. The van der Waals surface area contributed by atoms with Gasteiger partial charge in [0.1, 0.15) is 5.75 Å². The molecule has 1 aliphatic rings. The first-order valence-corrected chi connectivity index (χ1v) is 9.04. The molecule has 3 nitrogen and oxygen atoms in total. The minimum atomic E-state index is -0.532. The lowest BCUT2D eigenvalue weighted by Gasteiger charge is -2.19. The highest BCUT2D eigenvalue weighted by atomic mass is 127. The Hall–Kier alpha value is -1.56. The van der Waals surface area contributed by atoms with Gasteiger partial charge in [0.2, 0.25) is 0 Å². The number of aryl methyl sites for hydroxylation is 2. The Morgan fingerprint density at radius 2 is 1.78 bits per heavy atom. The second-order valence-electron chi connectivity index (χ2n) is 5.89. The fraction of sp³-hybridized carbons (Fsp3) is 0.316. The highest BCUT2D eigenvalue weighted by Crippen LogP contribution is 2.26. The van der Waals surface area contributed by atoms with E-state index < -0.39 is 6.10 Å². The predicted molar refractivity (Wildman–Crippen MR) is 101 cm³/mol. The lowest BCUT2D eigenvalue weighted by molar-refractivity contribution is -0.122. The molecule has 2 aromatic rings. The lowest BCUT2D eigenvalue weighted by atomic mass is 9.92. The molecular formula is C19H20INO2. The van der Waals surface area contributed by atoms with Gasteiger partial charge in [-0.3, -0.25) is 4.79 Å². The van der Waals surface area contributed by atoms with Crippen LogP contribution in [0.5, 0.6) is 5.75 Å². The number of amides is 1. The van der Waals surface area contributed by atoms with Crippen molar-refractivity contribution in [1.29, 1.82) is 0 Å². The molecular weight excluding hydrogens is 401 g/mol. The zero-order valence-electron chi connectivity index (χ0n) is 13.1. The number of hydrogen-bond acceptors (Lipinski definition) is 2. The molecule has 0 unspecified atom stereocenters. The maximum Gasteiger partial charge on any atom is 0.265 e. The summed E-state index contributed by atoms with van der Waals surface area (Å²) >= 11 is 2.24. The number of carbonyl (C=O) groups excluding carboxylic acids is 1. The third kappa shape index (κ3) is 4.25. The van der Waals surface area contributed by atoms with Crippen LogP contribution in [-0.2, 0) is 17.6 Å². The van der Waals surface area contributed by atoms with Gasteiger partial charge < -0.3 is 10.1 Å². The zero-order chi connectivity index (χ0) is 16.2. The molecule has 0 saturated carbocycles. The standard InChI is InChI=1S/C19H20INO2/c1-13(19(22)21-17-9-7-16(20)8-10-17)23-18-11-6-14-4-2-3-5-15(14)12-18/h6-13H,2-5H2,1H3,(H,21,22)/t13-/m1/s1. The van der Waals surface area contributed by atoms with Crippen LogP contribution in [-0.4, -0.2) is 12.0 Å². The van der Waals surface area contributed by atoms with E-state index in [0.717, 1.165) is 27.8 Å². The molecule has 0 aromatic heterocycles. The quantitative estimate of drug-likeness (QED) is 0.735. The molecule has 0 radical (unpaired) electrons. The van der Waals surface area contributed by atoms with Crippen LogP contribution in [0.1, 0.15) is 30.9 Å². The molecule has 23 heavy (non-hydrogen) atoms. The van der Waals surface area contributed by atoms with Gasteiger partial charge in [-0.25, -0.2) is 0 Å². The summed E-state index contributed by atoms with van der Waals surface area (Å²) < 4.78 is 6.96. The Labute approximate surface area is 150 Å². The molecule has 0 bridgehead atoms. The van der Waals surface area contributed by atoms with Crippen LogP contribution in [0, 0.1) is 3.57 Å². The van der Waals surface area contributed by atoms with Crippen LogP contribution in [0.2, 0.25) is 0 Å². The van der Waals surface area contributed by atoms with Crippen LogP contribution >= 0.6 is 22.6 Å². The average Bonchev–Trinajstić information content (AvgIpc) is 2.56. The molecule has 1 aliphatic carbocycles. The number of hydrogen-bond donors (Lipinski definition) is 1. The maximum atomic E-state index is 12.3. The molecule has 0 fully saturated rings. The summed E-state index contributed by atoms with van der Waals surface area (Å²) in [5.41, 5.74) is 3.56. The summed E-state index contributed by atoms with van der Waals surface area (Å²) in [6.07, 6.45) is 4.23. The third-order valence-electron chi connectivity index (χ3n) is 4.11. The van der Waals surface area contributed by atoms with Crippen molar-refractivity contribution in [2.75, 3.05) is 5.32 Å². The Morgan fingerprint density at radius 1 is 1.09 bits per heavy atom. The maximum absolute atomic E-state index is 12.3. The van der Waals surface area contributed by atoms with Gasteiger partial charge in [0.05, 0.1) is 0 Å². The van der Waals surface area contributed by atoms with E-state index in [9.17, 15) is 4.79 Å². The van der Waals surface area contributed by atoms with Crippen LogP contribution in [0.4, 0.5) is 5.69 Å². The monoisotopic (exact) mass is 421 g/mol. The molecule has 120 valence electrons. The topological polar surface area (TPSA) is 38.3 Å². The van der Waals surface area contributed by atoms with Gasteiger partial charge in [-0.1, -0.05) is 6.07 Å². The normalized spacial score (nSPS) is 14.7. The second kappa shape index (κ2) is 7.34. The molecule has 1 amide bonds. The van der Waals surface area contributed by atoms with E-state index in [1.807, 2.05) is 30.3 Å². The van der Waals surface area contributed by atoms with E-state index in [0.29, 0.717) is 0 Å². The Kier molecular flexibility index (Phi) is 5.20.